The minimum Gasteiger partial charge on any atom is -0.491 e. The summed E-state index contributed by atoms with van der Waals surface area (Å²) in [5, 5.41) is 15.4. The highest BCUT2D eigenvalue weighted by Crippen LogP contribution is 2.31. The molecule has 2 amide bonds. The van der Waals surface area contributed by atoms with Gasteiger partial charge >= 0.3 is 0 Å². The summed E-state index contributed by atoms with van der Waals surface area (Å²) >= 11 is 0. The highest BCUT2D eigenvalue weighted by atomic mass is 28.3. The molecule has 37 heavy (non-hydrogen) atoms. The van der Waals surface area contributed by atoms with Gasteiger partial charge in [-0.15, -0.1) is 0 Å². The molecule has 0 aliphatic carbocycles. The van der Waals surface area contributed by atoms with Gasteiger partial charge in [-0.3, -0.25) is 14.6 Å². The van der Waals surface area contributed by atoms with Crippen LogP contribution in [-0.2, 0) is 33.8 Å². The number of aromatic hydroxyl groups is 1. The number of halogens is 2. The number of amides is 2. The summed E-state index contributed by atoms with van der Waals surface area (Å²) in [7, 11) is -0.758. The second-order valence-electron chi connectivity index (χ2n) is 9.89. The number of carbonyl (C=O) groups is 2. The van der Waals surface area contributed by atoms with Crippen molar-refractivity contribution in [2.75, 3.05) is 19.0 Å². The van der Waals surface area contributed by atoms with Gasteiger partial charge in [0, 0.05) is 48.3 Å². The van der Waals surface area contributed by atoms with Gasteiger partial charge in [0.1, 0.15) is 23.4 Å². The molecular weight excluding hydrogens is 502 g/mol. The fraction of sp³-hybridized carbons (Fsp3) is 0.360. The van der Waals surface area contributed by atoms with Crippen molar-refractivity contribution >= 4 is 30.8 Å². The first kappa shape index (κ1) is 26.4. The summed E-state index contributed by atoms with van der Waals surface area (Å²) in [5.74, 6) is -2.76. The van der Waals surface area contributed by atoms with E-state index in [-0.39, 0.29) is 42.1 Å². The zero-order valence-corrected chi connectivity index (χ0v) is 22.0. The summed E-state index contributed by atoms with van der Waals surface area (Å²) < 4.78 is 39.7. The molecule has 0 saturated heterocycles. The molecule has 1 aliphatic heterocycles. The third-order valence-corrected chi connectivity index (χ3v) is 8.03. The first-order chi connectivity index (χ1) is 17.5. The number of rotatable bonds is 7. The van der Waals surface area contributed by atoms with Crippen LogP contribution in [-0.4, -0.2) is 53.7 Å². The van der Waals surface area contributed by atoms with Crippen LogP contribution in [0.4, 0.5) is 14.5 Å². The Bertz CT molecular complexity index is 1320. The number of ether oxygens (including phenoxy) is 1. The van der Waals surface area contributed by atoms with Gasteiger partial charge < -0.3 is 24.6 Å². The molecule has 0 bridgehead atoms. The third-order valence-electron chi connectivity index (χ3n) is 6.06. The molecule has 0 unspecified atom stereocenters. The molecule has 0 saturated carbocycles. The SMILES string of the molecule is COCc1ccc2c(n1)CCN(C(=O)Cc1cc(O)no1)[C@H]2C(=O)Nc1cc(F)c([Si](C)(C)C)c(F)c1. The largest absolute Gasteiger partial charge is 0.491 e. The maximum atomic E-state index is 14.8. The van der Waals surface area contributed by atoms with Gasteiger partial charge in [-0.25, -0.2) is 8.78 Å². The molecule has 1 aromatic carbocycles. The van der Waals surface area contributed by atoms with Gasteiger partial charge in [-0.1, -0.05) is 25.7 Å². The first-order valence-electron chi connectivity index (χ1n) is 11.7. The van der Waals surface area contributed by atoms with Gasteiger partial charge in [0.15, 0.2) is 0 Å². The smallest absolute Gasteiger partial charge is 0.251 e. The number of nitrogens with one attached hydrogen (secondary N) is 1. The van der Waals surface area contributed by atoms with Crippen LogP contribution in [0.25, 0.3) is 0 Å². The van der Waals surface area contributed by atoms with Crippen molar-refractivity contribution in [2.45, 2.75) is 45.1 Å². The van der Waals surface area contributed by atoms with Crippen LogP contribution in [0, 0.1) is 11.6 Å². The Balaban J connectivity index is 1.67. The third kappa shape index (κ3) is 5.70. The lowest BCUT2D eigenvalue weighted by Gasteiger charge is -2.36. The average Bonchev–Trinajstić information content (AvgIpc) is 3.21. The number of aromatic nitrogens is 2. The van der Waals surface area contributed by atoms with E-state index in [1.54, 1.807) is 19.2 Å². The van der Waals surface area contributed by atoms with E-state index >= 15 is 0 Å². The Morgan fingerprint density at radius 3 is 2.51 bits per heavy atom. The van der Waals surface area contributed by atoms with Crippen molar-refractivity contribution in [3.8, 4) is 5.88 Å². The Labute approximate surface area is 213 Å². The summed E-state index contributed by atoms with van der Waals surface area (Å²) in [6.07, 6.45) is 0.147. The molecule has 1 atom stereocenters. The predicted molar refractivity (Wildman–Crippen MR) is 133 cm³/mol. The van der Waals surface area contributed by atoms with E-state index in [1.165, 1.54) is 11.0 Å². The minimum atomic E-state index is -2.30. The molecule has 0 spiro atoms. The fourth-order valence-corrected chi connectivity index (χ4v) is 6.10. The van der Waals surface area contributed by atoms with Gasteiger partial charge in [0.25, 0.3) is 11.8 Å². The Kier molecular flexibility index (Phi) is 7.41. The summed E-state index contributed by atoms with van der Waals surface area (Å²) in [6, 6.07) is 5.71. The molecule has 2 aromatic heterocycles. The van der Waals surface area contributed by atoms with Gasteiger partial charge in [-0.2, -0.15) is 0 Å². The molecule has 3 aromatic rings. The van der Waals surface area contributed by atoms with E-state index in [0.717, 1.165) is 12.1 Å². The molecular formula is C25H28F2N4O5Si. The number of methoxy groups -OCH3 is 1. The van der Waals surface area contributed by atoms with Crippen molar-refractivity contribution in [3.05, 3.63) is 64.7 Å². The molecule has 2 N–H and O–H groups in total. The molecule has 0 radical (unpaired) electrons. The molecule has 196 valence electrons. The highest BCUT2D eigenvalue weighted by Gasteiger charge is 2.37. The van der Waals surface area contributed by atoms with Gasteiger partial charge in [0.2, 0.25) is 5.91 Å². The van der Waals surface area contributed by atoms with Crippen LogP contribution < -0.4 is 10.5 Å². The Morgan fingerprint density at radius 1 is 1.22 bits per heavy atom. The standard InChI is InChI=1S/C25H28F2N4O5Si/c1-35-13-14-5-6-17-20(28-14)7-8-31(22(33)12-16-11-21(32)30-36-16)23(17)25(34)29-15-9-18(26)24(19(27)10-15)37(2,3)4/h5-6,9-11,23H,7-8,12-13H2,1-4H3,(H,29,34)(H,30,32)/t23-/m1/s1. The van der Waals surface area contributed by atoms with Crippen molar-refractivity contribution in [1.82, 2.24) is 15.0 Å². The molecule has 9 nitrogen and oxygen atoms in total. The summed E-state index contributed by atoms with van der Waals surface area (Å²) in [6.45, 7) is 5.94. The van der Waals surface area contributed by atoms with Crippen LogP contribution in [0.2, 0.25) is 19.6 Å². The normalized spacial score (nSPS) is 15.4. The number of fused-ring (bicyclic) bond motifs is 1. The van der Waals surface area contributed by atoms with Crippen LogP contribution >= 0.6 is 0 Å². The number of anilines is 1. The van der Waals surface area contributed by atoms with Crippen LogP contribution in [0.5, 0.6) is 5.88 Å². The van der Waals surface area contributed by atoms with E-state index in [2.05, 4.69) is 15.5 Å². The van der Waals surface area contributed by atoms with Gasteiger partial charge in [-0.05, 0) is 23.4 Å². The molecule has 12 heteroatoms. The zero-order chi connectivity index (χ0) is 26.9. The lowest BCUT2D eigenvalue weighted by molar-refractivity contribution is -0.139. The van der Waals surface area contributed by atoms with Gasteiger partial charge in [0.05, 0.1) is 26.8 Å². The summed E-state index contributed by atoms with van der Waals surface area (Å²) in [5.41, 5.74) is 1.74. The number of hydrogen-bond donors (Lipinski definition) is 2. The second-order valence-corrected chi connectivity index (χ2v) is 14.9. The van der Waals surface area contributed by atoms with E-state index in [4.69, 9.17) is 9.26 Å². The van der Waals surface area contributed by atoms with E-state index in [0.29, 0.717) is 23.4 Å². The van der Waals surface area contributed by atoms with E-state index in [1.807, 2.05) is 19.6 Å². The monoisotopic (exact) mass is 530 g/mol. The summed E-state index contributed by atoms with van der Waals surface area (Å²) in [4.78, 5) is 32.7. The van der Waals surface area contributed by atoms with Crippen molar-refractivity contribution < 1.29 is 32.7 Å². The Hall–Kier alpha value is -3.64. The quantitative estimate of drug-likeness (QED) is 0.451. The average molecular weight is 531 g/mol. The van der Waals surface area contributed by atoms with Crippen molar-refractivity contribution in [2.24, 2.45) is 0 Å². The fourth-order valence-electron chi connectivity index (χ4n) is 4.52. The molecule has 1 aliphatic rings. The number of carbonyl (C=O) groups excluding carboxylic acids is 2. The van der Waals surface area contributed by atoms with Crippen LogP contribution in [0.1, 0.15) is 28.8 Å². The lowest BCUT2D eigenvalue weighted by Crippen LogP contribution is -2.46. The molecule has 4 rings (SSSR count). The number of hydrogen-bond acceptors (Lipinski definition) is 7. The topological polar surface area (TPSA) is 118 Å². The molecule has 3 heterocycles. The zero-order valence-electron chi connectivity index (χ0n) is 21.0. The van der Waals surface area contributed by atoms with Crippen molar-refractivity contribution in [3.63, 3.8) is 0 Å². The van der Waals surface area contributed by atoms with E-state index in [9.17, 15) is 23.5 Å². The first-order valence-corrected chi connectivity index (χ1v) is 15.2. The highest BCUT2D eigenvalue weighted by molar-refractivity contribution is 6.88. The Morgan fingerprint density at radius 2 is 1.92 bits per heavy atom. The lowest BCUT2D eigenvalue weighted by atomic mass is 9.94. The van der Waals surface area contributed by atoms with Crippen molar-refractivity contribution in [1.29, 1.82) is 0 Å². The minimum absolute atomic E-state index is 0.0503. The predicted octanol–water partition coefficient (Wildman–Crippen LogP) is 3.05. The maximum Gasteiger partial charge on any atom is 0.251 e. The number of pyridine rings is 1. The van der Waals surface area contributed by atoms with E-state index < -0.39 is 37.6 Å². The number of benzene rings is 1. The number of nitrogens with zero attached hydrogens (tertiary/aromatic N) is 3. The van der Waals surface area contributed by atoms with Crippen LogP contribution in [0.15, 0.2) is 34.9 Å². The van der Waals surface area contributed by atoms with Crippen LogP contribution in [0.3, 0.4) is 0 Å². The maximum absolute atomic E-state index is 14.8. The molecule has 0 fully saturated rings. The second kappa shape index (κ2) is 10.4.